The maximum atomic E-state index is 7.05. The summed E-state index contributed by atoms with van der Waals surface area (Å²) in [4.78, 5) is 5.36. The van der Waals surface area contributed by atoms with Gasteiger partial charge in [-0.25, -0.2) is 0 Å². The molecule has 3 aromatic heterocycles. The van der Waals surface area contributed by atoms with Gasteiger partial charge in [-0.3, -0.25) is 0 Å². The van der Waals surface area contributed by atoms with Crippen molar-refractivity contribution < 1.29 is 4.42 Å². The van der Waals surface area contributed by atoms with Gasteiger partial charge < -0.3 is 14.1 Å². The van der Waals surface area contributed by atoms with E-state index in [9.17, 15) is 0 Å². The van der Waals surface area contributed by atoms with Crippen LogP contribution in [0.4, 0.5) is 28.4 Å². The molecule has 78 heavy (non-hydrogen) atoms. The molecule has 6 heteroatoms. The molecule has 0 saturated carbocycles. The van der Waals surface area contributed by atoms with Crippen molar-refractivity contribution in [1.29, 1.82) is 0 Å². The van der Waals surface area contributed by atoms with Crippen LogP contribution in [0, 0.1) is 0 Å². The van der Waals surface area contributed by atoms with Crippen LogP contribution in [0.15, 0.2) is 235 Å². The summed E-state index contributed by atoms with van der Waals surface area (Å²) in [6.45, 7) is 6.76. The van der Waals surface area contributed by atoms with Crippen molar-refractivity contribution >= 4 is 153 Å². The molecule has 15 aromatic rings. The van der Waals surface area contributed by atoms with Crippen LogP contribution in [0.3, 0.4) is 0 Å². The van der Waals surface area contributed by atoms with Gasteiger partial charge >= 0.3 is 6.85 Å². The van der Waals surface area contributed by atoms with Crippen LogP contribution in [0.1, 0.15) is 26.3 Å². The minimum Gasteiger partial charge on any atom is -0.456 e. The van der Waals surface area contributed by atoms with Gasteiger partial charge in [-0.1, -0.05) is 172 Å². The summed E-state index contributed by atoms with van der Waals surface area (Å²) in [5.74, 6) is 0. The van der Waals surface area contributed by atoms with E-state index in [0.29, 0.717) is 0 Å². The molecular weight excluding hydrogens is 984 g/mol. The largest absolute Gasteiger partial charge is 0.456 e. The first-order valence-electron chi connectivity index (χ1n) is 27.0. The van der Waals surface area contributed by atoms with E-state index in [2.05, 4.69) is 261 Å². The Morgan fingerprint density at radius 2 is 1.06 bits per heavy atom. The Morgan fingerprint density at radius 3 is 1.82 bits per heavy atom. The van der Waals surface area contributed by atoms with E-state index in [0.717, 1.165) is 39.0 Å². The topological polar surface area (TPSA) is 19.6 Å². The second kappa shape index (κ2) is 16.3. The smallest absolute Gasteiger partial charge is 0.333 e. The molecule has 0 fully saturated rings. The van der Waals surface area contributed by atoms with Crippen LogP contribution in [0.25, 0.3) is 117 Å². The summed E-state index contributed by atoms with van der Waals surface area (Å²) in [6.07, 6.45) is 0. The summed E-state index contributed by atoms with van der Waals surface area (Å²) in [5.41, 5.74) is 18.7. The Balaban J connectivity index is 1.06. The van der Waals surface area contributed by atoms with Crippen molar-refractivity contribution in [2.75, 3.05) is 9.71 Å². The maximum Gasteiger partial charge on any atom is 0.333 e. The first-order valence-corrected chi connectivity index (χ1v) is 28.6. The van der Waals surface area contributed by atoms with Crippen molar-refractivity contribution in [2.24, 2.45) is 0 Å². The van der Waals surface area contributed by atoms with Gasteiger partial charge in [0.05, 0.1) is 11.4 Å². The fourth-order valence-corrected chi connectivity index (χ4v) is 15.6. The van der Waals surface area contributed by atoms with Crippen LogP contribution in [-0.2, 0) is 5.41 Å². The third-order valence-electron chi connectivity index (χ3n) is 16.9. The van der Waals surface area contributed by atoms with Crippen molar-refractivity contribution in [2.45, 2.75) is 26.2 Å². The van der Waals surface area contributed by atoms with Gasteiger partial charge in [0.15, 0.2) is 0 Å². The van der Waals surface area contributed by atoms with Crippen LogP contribution in [0.2, 0.25) is 0 Å². The molecule has 0 unspecified atom stereocenters. The van der Waals surface area contributed by atoms with Crippen LogP contribution in [-0.4, -0.2) is 6.85 Å². The molecule has 2 aliphatic rings. The molecule has 0 spiro atoms. The molecule has 5 heterocycles. The predicted molar refractivity (Wildman–Crippen MR) is 338 cm³/mol. The summed E-state index contributed by atoms with van der Waals surface area (Å²) in [6, 6.07) is 86.7. The Labute approximate surface area is 459 Å². The Bertz CT molecular complexity index is 5030. The highest BCUT2D eigenvalue weighted by atomic mass is 32.1. The van der Waals surface area contributed by atoms with Gasteiger partial charge in [0.1, 0.15) is 11.2 Å². The molecule has 0 radical (unpaired) electrons. The fourth-order valence-electron chi connectivity index (χ4n) is 13.2. The molecule has 366 valence electrons. The zero-order valence-corrected chi connectivity index (χ0v) is 44.8. The monoisotopic (exact) mass is 1030 g/mol. The average Bonchev–Trinajstić information content (AvgIpc) is 3.11. The van der Waals surface area contributed by atoms with E-state index in [1.54, 1.807) is 0 Å². The molecule has 3 nitrogen and oxygen atoms in total. The van der Waals surface area contributed by atoms with E-state index in [-0.39, 0.29) is 12.3 Å². The van der Waals surface area contributed by atoms with Gasteiger partial charge in [0.25, 0.3) is 0 Å². The number of hydrogen-bond donors (Lipinski definition) is 0. The Hall–Kier alpha value is -8.94. The van der Waals surface area contributed by atoms with Gasteiger partial charge in [0.2, 0.25) is 0 Å². The van der Waals surface area contributed by atoms with E-state index in [1.807, 2.05) is 22.7 Å². The van der Waals surface area contributed by atoms with E-state index in [4.69, 9.17) is 4.42 Å². The van der Waals surface area contributed by atoms with Crippen molar-refractivity contribution in [1.82, 2.24) is 0 Å². The van der Waals surface area contributed by atoms with E-state index >= 15 is 0 Å². The number of nitrogens with zero attached hydrogens (tertiary/aromatic N) is 2. The standard InChI is InChI=1S/C72H47BN2OS2/c1-72(2,3)49-28-32-59(52(38-49)44-18-8-5-9-19-44)74-61-40-55-51-24-14-15-25-64(51)78-71(55)68-56-39-54-53-34-45-20-10-12-22-47(45)36-62(53)76-63(54)41-60(56)75(50-29-26-43(27-30-50)42-16-6-4-7-17-42)73(69(61)68)58-31-33-65-67(70(58)74)57-35-46-21-11-13-23-48(46)37-66(57)77-65/h4-41H,1-3H3. The van der Waals surface area contributed by atoms with E-state index < -0.39 is 0 Å². The molecule has 0 N–H and O–H groups in total. The summed E-state index contributed by atoms with van der Waals surface area (Å²) < 4.78 is 12.2. The number of benzene rings is 12. The normalized spacial score (nSPS) is 13.2. The quantitative estimate of drug-likeness (QED) is 0.164. The molecule has 0 amide bonds. The molecule has 2 aliphatic heterocycles. The van der Waals surface area contributed by atoms with Gasteiger partial charge in [-0.15, -0.1) is 22.7 Å². The minimum atomic E-state index is -0.232. The highest BCUT2D eigenvalue weighted by molar-refractivity contribution is 7.27. The lowest BCUT2D eigenvalue weighted by Gasteiger charge is -2.46. The number of thiophene rings is 2. The molecule has 0 aliphatic carbocycles. The average molecular weight is 1030 g/mol. The first-order chi connectivity index (χ1) is 38.3. The van der Waals surface area contributed by atoms with Gasteiger partial charge in [0, 0.05) is 90.9 Å². The lowest BCUT2D eigenvalue weighted by molar-refractivity contribution is 0.590. The molecule has 12 aromatic carbocycles. The number of hydrogen-bond acceptors (Lipinski definition) is 5. The highest BCUT2D eigenvalue weighted by Crippen LogP contribution is 2.56. The van der Waals surface area contributed by atoms with Crippen molar-refractivity contribution in [3.8, 4) is 33.4 Å². The number of rotatable bonds is 4. The first kappa shape index (κ1) is 44.2. The summed E-state index contributed by atoms with van der Waals surface area (Å²) >= 11 is 3.83. The van der Waals surface area contributed by atoms with Crippen LogP contribution < -0.4 is 20.6 Å². The van der Waals surface area contributed by atoms with Crippen LogP contribution >= 0.6 is 22.7 Å². The van der Waals surface area contributed by atoms with Gasteiger partial charge in [-0.05, 0) is 133 Å². The SMILES string of the molecule is CC(C)(C)c1ccc(N2c3cc4c(sc5ccccc54)c4c3B(c3ccc5sc6cc7ccccc7cc6c5c32)N(c2ccc(-c3ccccc3)cc2)c2cc3oc5cc6ccccc6cc5c3cc2-4)c(-c2ccccc2)c1. The lowest BCUT2D eigenvalue weighted by Crippen LogP contribution is -2.61. The minimum absolute atomic E-state index is 0.0757. The summed E-state index contributed by atoms with van der Waals surface area (Å²) in [7, 11) is 0. The Morgan fingerprint density at radius 1 is 0.423 bits per heavy atom. The number of fused-ring (bicyclic) bond motifs is 17. The fraction of sp³-hybridized carbons (Fsp3) is 0.0556. The third-order valence-corrected chi connectivity index (χ3v) is 19.2. The number of anilines is 5. The predicted octanol–water partition coefficient (Wildman–Crippen LogP) is 20.0. The van der Waals surface area contributed by atoms with Gasteiger partial charge in [-0.2, -0.15) is 0 Å². The maximum absolute atomic E-state index is 7.05. The second-order valence-corrected chi connectivity index (χ2v) is 24.5. The van der Waals surface area contributed by atoms with Crippen molar-refractivity contribution in [3.63, 3.8) is 0 Å². The van der Waals surface area contributed by atoms with E-state index in [1.165, 1.54) is 123 Å². The molecule has 0 saturated heterocycles. The second-order valence-electron chi connectivity index (χ2n) is 22.4. The molecule has 17 rings (SSSR count). The van der Waals surface area contributed by atoms with Crippen LogP contribution in [0.5, 0.6) is 0 Å². The lowest BCUT2D eigenvalue weighted by atomic mass is 9.43. The Kier molecular flexibility index (Phi) is 9.24. The zero-order valence-electron chi connectivity index (χ0n) is 43.1. The van der Waals surface area contributed by atoms with Crippen molar-refractivity contribution in [3.05, 3.63) is 236 Å². The number of furan rings is 1. The third kappa shape index (κ3) is 6.39. The molecule has 0 bridgehead atoms. The summed E-state index contributed by atoms with van der Waals surface area (Å²) in [5, 5.41) is 12.2. The highest BCUT2D eigenvalue weighted by Gasteiger charge is 2.48. The molecule has 0 atom stereocenters. The zero-order chi connectivity index (χ0) is 51.5. The molecular formula is C72H47BN2OS2.